The Labute approximate surface area is 231 Å². The molecule has 0 fully saturated rings. The summed E-state index contributed by atoms with van der Waals surface area (Å²) in [6, 6.07) is 4.56. The standard InChI is InChI=1S/C28H41N3O6S/c1-7-9-10-11-12-17-31(26(34)22(19-38)30-27(35)37-28(3,4)5)24(25(33)29-18-23(32)36-6)21-15-13-20(8-2)14-16-21/h2,13-16,22,24,38H,7,9-12,17-19H2,1,3-6H3,(H,29,33)(H,30,35). The smallest absolute Gasteiger partial charge is 0.408 e. The third-order valence-corrected chi connectivity index (χ3v) is 5.91. The molecule has 2 atom stereocenters. The molecule has 0 saturated heterocycles. The van der Waals surface area contributed by atoms with Gasteiger partial charge in [-0.3, -0.25) is 14.4 Å². The number of nitrogens with one attached hydrogen (secondary N) is 2. The number of ether oxygens (including phenoxy) is 2. The Morgan fingerprint density at radius 3 is 2.24 bits per heavy atom. The summed E-state index contributed by atoms with van der Waals surface area (Å²) in [4.78, 5) is 52.9. The Bertz CT molecular complexity index is 968. The monoisotopic (exact) mass is 547 g/mol. The van der Waals surface area contributed by atoms with Crippen molar-refractivity contribution in [3.8, 4) is 12.3 Å². The summed E-state index contributed by atoms with van der Waals surface area (Å²) in [5, 5.41) is 5.13. The largest absolute Gasteiger partial charge is 0.468 e. The van der Waals surface area contributed by atoms with Gasteiger partial charge in [0.2, 0.25) is 11.8 Å². The van der Waals surface area contributed by atoms with Gasteiger partial charge in [-0.25, -0.2) is 4.79 Å². The van der Waals surface area contributed by atoms with Gasteiger partial charge >= 0.3 is 12.1 Å². The number of amides is 3. The van der Waals surface area contributed by atoms with E-state index in [4.69, 9.17) is 11.2 Å². The first-order valence-electron chi connectivity index (χ1n) is 12.8. The highest BCUT2D eigenvalue weighted by Gasteiger charge is 2.35. The summed E-state index contributed by atoms with van der Waals surface area (Å²) in [5.74, 6) is 0.817. The third kappa shape index (κ3) is 11.5. The van der Waals surface area contributed by atoms with Crippen molar-refractivity contribution in [3.63, 3.8) is 0 Å². The highest BCUT2D eigenvalue weighted by atomic mass is 32.1. The molecule has 0 bridgehead atoms. The fourth-order valence-electron chi connectivity index (χ4n) is 3.65. The molecule has 0 aromatic heterocycles. The molecule has 210 valence electrons. The average molecular weight is 548 g/mol. The third-order valence-electron chi connectivity index (χ3n) is 5.55. The van der Waals surface area contributed by atoms with Gasteiger partial charge in [0.15, 0.2) is 0 Å². The number of carbonyl (C=O) groups is 4. The van der Waals surface area contributed by atoms with E-state index >= 15 is 0 Å². The first-order chi connectivity index (χ1) is 18.0. The molecule has 0 aliphatic rings. The van der Waals surface area contributed by atoms with Gasteiger partial charge in [0, 0.05) is 17.9 Å². The highest BCUT2D eigenvalue weighted by Crippen LogP contribution is 2.24. The maximum Gasteiger partial charge on any atom is 0.408 e. The number of rotatable bonds is 14. The summed E-state index contributed by atoms with van der Waals surface area (Å²) >= 11 is 4.29. The molecule has 0 spiro atoms. The van der Waals surface area contributed by atoms with Gasteiger partial charge in [0.05, 0.1) is 7.11 Å². The van der Waals surface area contributed by atoms with Gasteiger partial charge < -0.3 is 25.0 Å². The molecule has 0 radical (unpaired) electrons. The summed E-state index contributed by atoms with van der Waals surface area (Å²) < 4.78 is 9.95. The van der Waals surface area contributed by atoms with E-state index in [1.807, 2.05) is 0 Å². The van der Waals surface area contributed by atoms with Gasteiger partial charge in [-0.15, -0.1) is 6.42 Å². The minimum Gasteiger partial charge on any atom is -0.468 e. The van der Waals surface area contributed by atoms with E-state index < -0.39 is 41.6 Å². The van der Waals surface area contributed by atoms with Crippen molar-refractivity contribution in [2.75, 3.05) is 26.0 Å². The van der Waals surface area contributed by atoms with Crippen LogP contribution in [0.5, 0.6) is 0 Å². The lowest BCUT2D eigenvalue weighted by Gasteiger charge is -2.34. The van der Waals surface area contributed by atoms with Crippen molar-refractivity contribution in [1.29, 1.82) is 0 Å². The second-order valence-electron chi connectivity index (χ2n) is 9.79. The molecular weight excluding hydrogens is 506 g/mol. The van der Waals surface area contributed by atoms with Crippen LogP contribution in [0.25, 0.3) is 0 Å². The number of unbranched alkanes of at least 4 members (excludes halogenated alkanes) is 4. The molecule has 1 aromatic rings. The van der Waals surface area contributed by atoms with E-state index in [2.05, 4.69) is 40.8 Å². The van der Waals surface area contributed by atoms with Crippen LogP contribution in [0.4, 0.5) is 4.79 Å². The molecule has 0 aliphatic heterocycles. The molecule has 0 saturated carbocycles. The summed E-state index contributed by atoms with van der Waals surface area (Å²) in [6.45, 7) is 7.14. The normalized spacial score (nSPS) is 12.4. The van der Waals surface area contributed by atoms with Crippen LogP contribution in [0.3, 0.4) is 0 Å². The molecule has 38 heavy (non-hydrogen) atoms. The van der Waals surface area contributed by atoms with Crippen LogP contribution in [0.2, 0.25) is 0 Å². The quantitative estimate of drug-likeness (QED) is 0.142. The highest BCUT2D eigenvalue weighted by molar-refractivity contribution is 7.80. The van der Waals surface area contributed by atoms with E-state index in [1.165, 1.54) is 12.0 Å². The molecule has 10 heteroatoms. The predicted octanol–water partition coefficient (Wildman–Crippen LogP) is 3.62. The first kappa shape index (κ1) is 32.8. The number of hydrogen-bond acceptors (Lipinski definition) is 7. The van der Waals surface area contributed by atoms with Gasteiger partial charge in [-0.05, 0) is 44.9 Å². The molecule has 0 heterocycles. The lowest BCUT2D eigenvalue weighted by Crippen LogP contribution is -2.54. The molecule has 1 aromatic carbocycles. The molecule has 0 aliphatic carbocycles. The minimum absolute atomic E-state index is 0.0169. The second kappa shape index (κ2) is 16.6. The van der Waals surface area contributed by atoms with Crippen molar-refractivity contribution >= 4 is 36.5 Å². The van der Waals surface area contributed by atoms with E-state index in [9.17, 15) is 19.2 Å². The van der Waals surface area contributed by atoms with Crippen molar-refractivity contribution < 1.29 is 28.7 Å². The topological polar surface area (TPSA) is 114 Å². The fourth-order valence-corrected chi connectivity index (χ4v) is 3.90. The molecular formula is C28H41N3O6S. The van der Waals surface area contributed by atoms with Crippen LogP contribution in [0.15, 0.2) is 24.3 Å². The van der Waals surface area contributed by atoms with E-state index in [1.54, 1.807) is 45.0 Å². The molecule has 3 amide bonds. The van der Waals surface area contributed by atoms with E-state index in [0.717, 1.165) is 25.7 Å². The Morgan fingerprint density at radius 1 is 1.08 bits per heavy atom. The van der Waals surface area contributed by atoms with Crippen molar-refractivity contribution in [1.82, 2.24) is 15.5 Å². The predicted molar refractivity (Wildman–Crippen MR) is 150 cm³/mol. The number of terminal acetylenes is 1. The number of carbonyl (C=O) groups excluding carboxylic acids is 4. The van der Waals surface area contributed by atoms with Crippen LogP contribution in [0.1, 0.15) is 77.0 Å². The first-order valence-corrected chi connectivity index (χ1v) is 13.4. The lowest BCUT2D eigenvalue weighted by atomic mass is 10.0. The summed E-state index contributed by atoms with van der Waals surface area (Å²) in [6.07, 6.45) is 9.32. The maximum absolute atomic E-state index is 13.8. The van der Waals surface area contributed by atoms with Crippen LogP contribution >= 0.6 is 12.6 Å². The minimum atomic E-state index is -1.09. The van der Waals surface area contributed by atoms with E-state index in [0.29, 0.717) is 17.5 Å². The summed E-state index contributed by atoms with van der Waals surface area (Å²) in [7, 11) is 1.22. The summed E-state index contributed by atoms with van der Waals surface area (Å²) in [5.41, 5.74) is 0.352. The van der Waals surface area contributed by atoms with E-state index in [-0.39, 0.29) is 18.8 Å². The molecule has 1 rings (SSSR count). The second-order valence-corrected chi connectivity index (χ2v) is 10.2. The number of methoxy groups -OCH3 is 1. The number of esters is 1. The Morgan fingerprint density at radius 2 is 1.71 bits per heavy atom. The number of alkyl carbamates (subject to hydrolysis) is 1. The molecule has 2 N–H and O–H groups in total. The maximum atomic E-state index is 13.8. The fraction of sp³-hybridized carbons (Fsp3) is 0.571. The Balaban J connectivity index is 3.39. The zero-order valence-electron chi connectivity index (χ0n) is 23.0. The van der Waals surface area contributed by atoms with Crippen molar-refractivity contribution in [2.45, 2.75) is 77.5 Å². The van der Waals surface area contributed by atoms with Gasteiger partial charge in [-0.2, -0.15) is 12.6 Å². The average Bonchev–Trinajstić information content (AvgIpc) is 2.88. The number of nitrogens with zero attached hydrogens (tertiary/aromatic N) is 1. The molecule has 2 unspecified atom stereocenters. The van der Waals surface area contributed by atoms with Gasteiger partial charge in [0.1, 0.15) is 24.2 Å². The van der Waals surface area contributed by atoms with Crippen molar-refractivity contribution in [3.05, 3.63) is 35.4 Å². The van der Waals surface area contributed by atoms with Crippen LogP contribution in [-0.4, -0.2) is 66.4 Å². The lowest BCUT2D eigenvalue weighted by molar-refractivity contribution is -0.144. The van der Waals surface area contributed by atoms with Crippen LogP contribution < -0.4 is 10.6 Å². The number of thiol groups is 1. The van der Waals surface area contributed by atoms with Crippen LogP contribution in [0, 0.1) is 12.3 Å². The van der Waals surface area contributed by atoms with Crippen molar-refractivity contribution in [2.24, 2.45) is 0 Å². The Kier molecular flexibility index (Phi) is 14.4. The SMILES string of the molecule is C#Cc1ccc(C(C(=O)NCC(=O)OC)N(CCCCCCC)C(=O)C(CS)NC(=O)OC(C)(C)C)cc1. The molecule has 9 nitrogen and oxygen atoms in total. The number of hydrogen-bond donors (Lipinski definition) is 3. The van der Waals surface area contributed by atoms with Crippen LogP contribution in [-0.2, 0) is 23.9 Å². The zero-order chi connectivity index (χ0) is 28.7. The van der Waals surface area contributed by atoms with Gasteiger partial charge in [-0.1, -0.05) is 50.7 Å². The Hall–Kier alpha value is -3.19. The van der Waals surface area contributed by atoms with Gasteiger partial charge in [0.25, 0.3) is 0 Å². The zero-order valence-corrected chi connectivity index (χ0v) is 23.9. The number of benzene rings is 1.